The molecule has 0 amide bonds. The first-order chi connectivity index (χ1) is 10.3. The van der Waals surface area contributed by atoms with Gasteiger partial charge in [-0.15, -0.1) is 0 Å². The molecule has 0 bridgehead atoms. The molecular weight excluding hydrogens is 296 g/mol. The minimum absolute atomic E-state index is 0.156. The lowest BCUT2D eigenvalue weighted by molar-refractivity contribution is 0.566. The van der Waals surface area contributed by atoms with Crippen LogP contribution in [0.3, 0.4) is 0 Å². The number of sulfonamides is 1. The first-order valence-electron chi connectivity index (χ1n) is 6.93. The maximum atomic E-state index is 12.4. The molecule has 0 radical (unpaired) electrons. The van der Waals surface area contributed by atoms with Crippen molar-refractivity contribution in [3.8, 4) is 6.07 Å². The number of nitrogens with zero attached hydrogens (tertiary/aromatic N) is 1. The van der Waals surface area contributed by atoms with Crippen molar-refractivity contribution in [1.82, 2.24) is 4.72 Å². The second-order valence-electron chi connectivity index (χ2n) is 5.34. The molecule has 2 aromatic carbocycles. The van der Waals surface area contributed by atoms with Crippen LogP contribution in [-0.2, 0) is 10.0 Å². The third kappa shape index (κ3) is 3.53. The summed E-state index contributed by atoms with van der Waals surface area (Å²) < 4.78 is 27.5. The molecule has 0 aliphatic carbocycles. The standard InChI is InChI=1S/C17H18N2O2S/c1-12-4-5-13(2)17(10-12)14(3)19-22(20,21)16-8-6-15(11-18)7-9-16/h4-10,14,19H,1-3H3. The van der Waals surface area contributed by atoms with E-state index in [1.807, 2.05) is 45.0 Å². The normalized spacial score (nSPS) is 12.6. The summed E-state index contributed by atoms with van der Waals surface area (Å²) in [5.74, 6) is 0. The molecule has 2 aromatic rings. The van der Waals surface area contributed by atoms with Gasteiger partial charge >= 0.3 is 0 Å². The molecule has 0 saturated carbocycles. The minimum atomic E-state index is -3.62. The van der Waals surface area contributed by atoms with E-state index in [0.717, 1.165) is 16.7 Å². The lowest BCUT2D eigenvalue weighted by Gasteiger charge is -2.17. The number of rotatable bonds is 4. The number of hydrogen-bond donors (Lipinski definition) is 1. The summed E-state index contributed by atoms with van der Waals surface area (Å²) >= 11 is 0. The van der Waals surface area contributed by atoms with Crippen molar-refractivity contribution >= 4 is 10.0 Å². The van der Waals surface area contributed by atoms with Crippen LogP contribution in [0.2, 0.25) is 0 Å². The van der Waals surface area contributed by atoms with Crippen LogP contribution in [0, 0.1) is 25.2 Å². The van der Waals surface area contributed by atoms with Crippen molar-refractivity contribution in [2.45, 2.75) is 31.7 Å². The number of nitrogens with one attached hydrogen (secondary N) is 1. The van der Waals surface area contributed by atoms with E-state index in [0.29, 0.717) is 5.56 Å². The van der Waals surface area contributed by atoms with Gasteiger partial charge in [0.1, 0.15) is 0 Å². The van der Waals surface area contributed by atoms with Gasteiger partial charge in [-0.3, -0.25) is 0 Å². The monoisotopic (exact) mass is 314 g/mol. The van der Waals surface area contributed by atoms with Crippen LogP contribution in [0.15, 0.2) is 47.4 Å². The van der Waals surface area contributed by atoms with Crippen LogP contribution >= 0.6 is 0 Å². The van der Waals surface area contributed by atoms with E-state index in [-0.39, 0.29) is 10.9 Å². The smallest absolute Gasteiger partial charge is 0.207 e. The predicted molar refractivity (Wildman–Crippen MR) is 85.8 cm³/mol. The summed E-state index contributed by atoms with van der Waals surface area (Å²) in [6.45, 7) is 5.76. The summed E-state index contributed by atoms with van der Waals surface area (Å²) in [5.41, 5.74) is 3.52. The molecule has 22 heavy (non-hydrogen) atoms. The minimum Gasteiger partial charge on any atom is -0.207 e. The second kappa shape index (κ2) is 6.30. The zero-order chi connectivity index (χ0) is 16.3. The molecular formula is C17H18N2O2S. The molecule has 0 saturated heterocycles. The first kappa shape index (κ1) is 16.2. The molecule has 0 aliphatic heterocycles. The summed E-state index contributed by atoms with van der Waals surface area (Å²) in [6.07, 6.45) is 0. The van der Waals surface area contributed by atoms with Crippen LogP contribution in [0.4, 0.5) is 0 Å². The molecule has 0 heterocycles. The van der Waals surface area contributed by atoms with E-state index in [1.54, 1.807) is 0 Å². The van der Waals surface area contributed by atoms with Crippen molar-refractivity contribution in [1.29, 1.82) is 5.26 Å². The molecule has 5 heteroatoms. The van der Waals surface area contributed by atoms with E-state index in [9.17, 15) is 8.42 Å². The highest BCUT2D eigenvalue weighted by atomic mass is 32.2. The van der Waals surface area contributed by atoms with Gasteiger partial charge in [0, 0.05) is 6.04 Å². The zero-order valence-corrected chi connectivity index (χ0v) is 13.6. The fourth-order valence-electron chi connectivity index (χ4n) is 2.30. The Morgan fingerprint density at radius 3 is 2.32 bits per heavy atom. The SMILES string of the molecule is Cc1ccc(C)c(C(C)NS(=O)(=O)c2ccc(C#N)cc2)c1. The fourth-order valence-corrected chi connectivity index (χ4v) is 3.52. The zero-order valence-electron chi connectivity index (χ0n) is 12.8. The third-order valence-electron chi connectivity index (χ3n) is 3.53. The quantitative estimate of drug-likeness (QED) is 0.942. The summed E-state index contributed by atoms with van der Waals surface area (Å²) in [7, 11) is -3.62. The van der Waals surface area contributed by atoms with Gasteiger partial charge in [0.15, 0.2) is 0 Å². The van der Waals surface area contributed by atoms with Gasteiger partial charge in [-0.05, 0) is 56.2 Å². The van der Waals surface area contributed by atoms with Gasteiger partial charge in [0.05, 0.1) is 16.5 Å². The molecule has 1 unspecified atom stereocenters. The molecule has 2 rings (SSSR count). The van der Waals surface area contributed by atoms with Gasteiger partial charge in [-0.1, -0.05) is 23.8 Å². The number of benzene rings is 2. The summed E-state index contributed by atoms with van der Waals surface area (Å²) in [5, 5.41) is 8.77. The van der Waals surface area contributed by atoms with Gasteiger partial charge in [-0.2, -0.15) is 5.26 Å². The van der Waals surface area contributed by atoms with Gasteiger partial charge in [0.2, 0.25) is 10.0 Å². The Hall–Kier alpha value is -2.16. The van der Waals surface area contributed by atoms with Gasteiger partial charge in [-0.25, -0.2) is 13.1 Å². The van der Waals surface area contributed by atoms with Gasteiger partial charge in [0.25, 0.3) is 0 Å². The van der Waals surface area contributed by atoms with Crippen molar-refractivity contribution in [2.75, 3.05) is 0 Å². The average Bonchev–Trinajstić information content (AvgIpc) is 2.49. The Kier molecular flexibility index (Phi) is 4.65. The molecule has 1 N–H and O–H groups in total. The van der Waals surface area contributed by atoms with Crippen LogP contribution in [0.5, 0.6) is 0 Å². The average molecular weight is 314 g/mol. The largest absolute Gasteiger partial charge is 0.241 e. The maximum absolute atomic E-state index is 12.4. The molecule has 0 fully saturated rings. The van der Waals surface area contributed by atoms with E-state index in [4.69, 9.17) is 5.26 Å². The van der Waals surface area contributed by atoms with Crippen molar-refractivity contribution in [3.05, 3.63) is 64.7 Å². The molecule has 0 aromatic heterocycles. The Balaban J connectivity index is 2.27. The van der Waals surface area contributed by atoms with Gasteiger partial charge < -0.3 is 0 Å². The van der Waals surface area contributed by atoms with Crippen LogP contribution in [0.1, 0.15) is 35.2 Å². The van der Waals surface area contributed by atoms with Crippen molar-refractivity contribution < 1.29 is 8.42 Å². The second-order valence-corrected chi connectivity index (χ2v) is 7.05. The highest BCUT2D eigenvalue weighted by molar-refractivity contribution is 7.89. The van der Waals surface area contributed by atoms with Crippen molar-refractivity contribution in [3.63, 3.8) is 0 Å². The Morgan fingerprint density at radius 2 is 1.73 bits per heavy atom. The summed E-state index contributed by atoms with van der Waals surface area (Å²) in [6, 6.07) is 13.5. The molecule has 1 atom stereocenters. The number of nitriles is 1. The van der Waals surface area contributed by atoms with Crippen LogP contribution in [-0.4, -0.2) is 8.42 Å². The van der Waals surface area contributed by atoms with E-state index in [2.05, 4.69) is 4.72 Å². The topological polar surface area (TPSA) is 70.0 Å². The fraction of sp³-hybridized carbons (Fsp3) is 0.235. The summed E-state index contributed by atoms with van der Waals surface area (Å²) in [4.78, 5) is 0.156. The van der Waals surface area contributed by atoms with Crippen molar-refractivity contribution in [2.24, 2.45) is 0 Å². The highest BCUT2D eigenvalue weighted by Crippen LogP contribution is 2.21. The molecule has 114 valence electrons. The molecule has 4 nitrogen and oxygen atoms in total. The Morgan fingerprint density at radius 1 is 1.09 bits per heavy atom. The maximum Gasteiger partial charge on any atom is 0.241 e. The molecule has 0 spiro atoms. The number of hydrogen-bond acceptors (Lipinski definition) is 3. The lowest BCUT2D eigenvalue weighted by Crippen LogP contribution is -2.27. The first-order valence-corrected chi connectivity index (χ1v) is 8.41. The van der Waals surface area contributed by atoms with E-state index >= 15 is 0 Å². The highest BCUT2D eigenvalue weighted by Gasteiger charge is 2.19. The number of aryl methyl sites for hydroxylation is 2. The Labute approximate surface area is 131 Å². The van der Waals surface area contributed by atoms with E-state index < -0.39 is 10.0 Å². The molecule has 0 aliphatic rings. The van der Waals surface area contributed by atoms with Crippen LogP contribution < -0.4 is 4.72 Å². The van der Waals surface area contributed by atoms with E-state index in [1.165, 1.54) is 24.3 Å². The Bertz CT molecular complexity index is 819. The van der Waals surface area contributed by atoms with Crippen LogP contribution in [0.25, 0.3) is 0 Å². The predicted octanol–water partition coefficient (Wildman–Crippen LogP) is 3.21. The lowest BCUT2D eigenvalue weighted by atomic mass is 10.0. The third-order valence-corrected chi connectivity index (χ3v) is 5.08.